The number of anilines is 1. The molecule has 1 aromatic carbocycles. The minimum absolute atomic E-state index is 0.0668. The van der Waals surface area contributed by atoms with Gasteiger partial charge in [0, 0.05) is 0 Å². The van der Waals surface area contributed by atoms with Gasteiger partial charge in [0.05, 0.1) is 18.6 Å². The van der Waals surface area contributed by atoms with Crippen molar-refractivity contribution in [3.8, 4) is 17.6 Å². The van der Waals surface area contributed by atoms with E-state index in [2.05, 4.69) is 17.2 Å². The van der Waals surface area contributed by atoms with Gasteiger partial charge in [0.25, 0.3) is 0 Å². The molecule has 0 spiro atoms. The molecular formula is C11H12N2O3. The lowest BCUT2D eigenvalue weighted by Gasteiger charge is -2.06. The molecule has 0 atom stereocenters. The Balaban J connectivity index is 3.05. The summed E-state index contributed by atoms with van der Waals surface area (Å²) in [4.78, 5) is 10.4. The van der Waals surface area contributed by atoms with Gasteiger partial charge < -0.3 is 10.1 Å². The Hall–Kier alpha value is -2.22. The van der Waals surface area contributed by atoms with Gasteiger partial charge in [-0.05, 0) is 19.1 Å². The molecule has 5 heteroatoms. The van der Waals surface area contributed by atoms with Crippen LogP contribution in [-0.2, 0) is 0 Å². The summed E-state index contributed by atoms with van der Waals surface area (Å²) in [6, 6.07) is 4.86. The second-order valence-electron chi connectivity index (χ2n) is 2.89. The molecule has 0 aromatic heterocycles. The van der Waals surface area contributed by atoms with Crippen LogP contribution in [0.2, 0.25) is 0 Å². The molecule has 1 N–H and O–H groups in total. The largest absolute Gasteiger partial charge is 0.490 e. The zero-order valence-electron chi connectivity index (χ0n) is 9.11. The molecule has 0 fully saturated rings. The van der Waals surface area contributed by atoms with Gasteiger partial charge in [-0.25, -0.2) is 0 Å². The second-order valence-corrected chi connectivity index (χ2v) is 2.89. The van der Waals surface area contributed by atoms with E-state index in [1.807, 2.05) is 0 Å². The van der Waals surface area contributed by atoms with Crippen LogP contribution in [-0.4, -0.2) is 18.6 Å². The zero-order chi connectivity index (χ0) is 12.0. The SMILES string of the molecule is CC#CCNc1cccc(OC)c1[N+](=O)[O-]. The van der Waals surface area contributed by atoms with Gasteiger partial charge in [-0.15, -0.1) is 5.92 Å². The number of nitro benzene ring substituents is 1. The Morgan fingerprint density at radius 2 is 2.31 bits per heavy atom. The Bertz CT molecular complexity index is 446. The molecule has 16 heavy (non-hydrogen) atoms. The molecule has 0 aliphatic carbocycles. The molecule has 0 aliphatic heterocycles. The quantitative estimate of drug-likeness (QED) is 0.479. The number of ether oxygens (including phenoxy) is 1. The lowest BCUT2D eigenvalue weighted by Crippen LogP contribution is -2.03. The van der Waals surface area contributed by atoms with Gasteiger partial charge in [-0.1, -0.05) is 12.0 Å². The summed E-state index contributed by atoms with van der Waals surface area (Å²) in [7, 11) is 1.40. The Morgan fingerprint density at radius 3 is 2.88 bits per heavy atom. The summed E-state index contributed by atoms with van der Waals surface area (Å²) in [6.07, 6.45) is 0. The van der Waals surface area contributed by atoms with Gasteiger partial charge in [-0.2, -0.15) is 0 Å². The Kier molecular flexibility index (Phi) is 4.16. The van der Waals surface area contributed by atoms with Crippen LogP contribution in [0.4, 0.5) is 11.4 Å². The van der Waals surface area contributed by atoms with E-state index in [1.165, 1.54) is 7.11 Å². The van der Waals surface area contributed by atoms with Crippen LogP contribution >= 0.6 is 0 Å². The van der Waals surface area contributed by atoms with Gasteiger partial charge >= 0.3 is 5.69 Å². The maximum Gasteiger partial charge on any atom is 0.333 e. The number of rotatable bonds is 4. The van der Waals surface area contributed by atoms with Crippen LogP contribution in [0.25, 0.3) is 0 Å². The molecule has 0 saturated carbocycles. The van der Waals surface area contributed by atoms with Crippen LogP contribution in [0.15, 0.2) is 18.2 Å². The lowest BCUT2D eigenvalue weighted by atomic mass is 10.2. The van der Waals surface area contributed by atoms with E-state index in [-0.39, 0.29) is 11.4 Å². The first-order chi connectivity index (χ1) is 7.70. The van der Waals surface area contributed by atoms with Crippen molar-refractivity contribution < 1.29 is 9.66 Å². The van der Waals surface area contributed by atoms with E-state index in [0.717, 1.165) is 0 Å². The highest BCUT2D eigenvalue weighted by Gasteiger charge is 2.19. The van der Waals surface area contributed by atoms with Crippen molar-refractivity contribution in [3.05, 3.63) is 28.3 Å². The van der Waals surface area contributed by atoms with E-state index in [1.54, 1.807) is 25.1 Å². The second kappa shape index (κ2) is 5.61. The van der Waals surface area contributed by atoms with Crippen molar-refractivity contribution >= 4 is 11.4 Å². The van der Waals surface area contributed by atoms with Crippen molar-refractivity contribution in [2.75, 3.05) is 19.0 Å². The fourth-order valence-corrected chi connectivity index (χ4v) is 1.25. The highest BCUT2D eigenvalue weighted by atomic mass is 16.6. The van der Waals surface area contributed by atoms with Crippen LogP contribution < -0.4 is 10.1 Å². The van der Waals surface area contributed by atoms with Gasteiger partial charge in [0.15, 0.2) is 5.75 Å². The van der Waals surface area contributed by atoms with Crippen molar-refractivity contribution in [2.45, 2.75) is 6.92 Å². The number of nitro groups is 1. The fourth-order valence-electron chi connectivity index (χ4n) is 1.25. The number of methoxy groups -OCH3 is 1. The number of nitrogens with one attached hydrogen (secondary N) is 1. The molecule has 1 aromatic rings. The summed E-state index contributed by atoms with van der Waals surface area (Å²) < 4.78 is 4.94. The highest BCUT2D eigenvalue weighted by Crippen LogP contribution is 2.34. The van der Waals surface area contributed by atoms with Gasteiger partial charge in [0.2, 0.25) is 0 Å². The summed E-state index contributed by atoms with van der Waals surface area (Å²) >= 11 is 0. The van der Waals surface area contributed by atoms with Gasteiger partial charge in [0.1, 0.15) is 5.69 Å². The van der Waals surface area contributed by atoms with E-state index in [0.29, 0.717) is 12.2 Å². The molecule has 0 unspecified atom stereocenters. The molecular weight excluding hydrogens is 208 g/mol. The zero-order valence-corrected chi connectivity index (χ0v) is 9.11. The Labute approximate surface area is 93.6 Å². The van der Waals surface area contributed by atoms with Gasteiger partial charge in [-0.3, -0.25) is 10.1 Å². The third kappa shape index (κ3) is 2.64. The third-order valence-corrected chi connectivity index (χ3v) is 1.95. The van der Waals surface area contributed by atoms with Crippen LogP contribution in [0.1, 0.15) is 6.92 Å². The molecule has 84 valence electrons. The average Bonchev–Trinajstić information content (AvgIpc) is 2.28. The van der Waals surface area contributed by atoms with Crippen LogP contribution in [0, 0.1) is 22.0 Å². The van der Waals surface area contributed by atoms with Crippen molar-refractivity contribution in [2.24, 2.45) is 0 Å². The maximum atomic E-state index is 10.9. The average molecular weight is 220 g/mol. The topological polar surface area (TPSA) is 64.4 Å². The van der Waals surface area contributed by atoms with Crippen molar-refractivity contribution in [1.82, 2.24) is 0 Å². The standard InChI is InChI=1S/C11H12N2O3/c1-3-4-8-12-9-6-5-7-10(16-2)11(9)13(14)15/h5-7,12H,8H2,1-2H3. The molecule has 5 nitrogen and oxygen atoms in total. The molecule has 0 aliphatic rings. The highest BCUT2D eigenvalue weighted by molar-refractivity contribution is 5.68. The molecule has 0 heterocycles. The molecule has 0 saturated heterocycles. The summed E-state index contributed by atoms with van der Waals surface area (Å²) in [5.41, 5.74) is 0.343. The molecule has 1 rings (SSSR count). The first kappa shape index (κ1) is 11.9. The van der Waals surface area contributed by atoms with E-state index in [9.17, 15) is 10.1 Å². The fraction of sp³-hybridized carbons (Fsp3) is 0.273. The molecule has 0 bridgehead atoms. The van der Waals surface area contributed by atoms with Crippen molar-refractivity contribution in [3.63, 3.8) is 0 Å². The first-order valence-corrected chi connectivity index (χ1v) is 4.65. The Morgan fingerprint density at radius 1 is 1.56 bits per heavy atom. The normalized spacial score (nSPS) is 8.88. The molecule has 0 amide bonds. The summed E-state index contributed by atoms with van der Waals surface area (Å²) in [5.74, 6) is 5.71. The maximum absolute atomic E-state index is 10.9. The molecule has 0 radical (unpaired) electrons. The van der Waals surface area contributed by atoms with E-state index >= 15 is 0 Å². The lowest BCUT2D eigenvalue weighted by molar-refractivity contribution is -0.384. The number of para-hydroxylation sites is 1. The number of hydrogen-bond donors (Lipinski definition) is 1. The smallest absolute Gasteiger partial charge is 0.333 e. The van der Waals surface area contributed by atoms with E-state index < -0.39 is 4.92 Å². The number of hydrogen-bond acceptors (Lipinski definition) is 4. The van der Waals surface area contributed by atoms with Crippen LogP contribution in [0.3, 0.4) is 0 Å². The van der Waals surface area contributed by atoms with E-state index in [4.69, 9.17) is 4.74 Å². The summed E-state index contributed by atoms with van der Waals surface area (Å²) in [5, 5.41) is 13.8. The first-order valence-electron chi connectivity index (χ1n) is 4.65. The predicted molar refractivity (Wildman–Crippen MR) is 61.6 cm³/mol. The number of benzene rings is 1. The monoisotopic (exact) mass is 220 g/mol. The predicted octanol–water partition coefficient (Wildman–Crippen LogP) is 2.04. The minimum atomic E-state index is -0.472. The summed E-state index contributed by atoms with van der Waals surface area (Å²) in [6.45, 7) is 2.08. The van der Waals surface area contributed by atoms with Crippen molar-refractivity contribution in [1.29, 1.82) is 0 Å². The van der Waals surface area contributed by atoms with Crippen LogP contribution in [0.5, 0.6) is 5.75 Å². The minimum Gasteiger partial charge on any atom is -0.490 e. The third-order valence-electron chi connectivity index (χ3n) is 1.95. The number of nitrogens with zero attached hydrogens (tertiary/aromatic N) is 1.